The van der Waals surface area contributed by atoms with Crippen LogP contribution in [0.2, 0.25) is 0 Å². The second kappa shape index (κ2) is 4.56. The van der Waals surface area contributed by atoms with Gasteiger partial charge in [-0.3, -0.25) is 14.8 Å². The number of aliphatic imine (C=N–C) groups is 1. The number of pyridine rings is 1. The van der Waals surface area contributed by atoms with E-state index >= 15 is 0 Å². The fourth-order valence-electron chi connectivity index (χ4n) is 2.57. The number of nitrogens with one attached hydrogen (secondary N) is 2. The molecule has 0 saturated heterocycles. The number of hydrogen-bond donors (Lipinski definition) is 2. The van der Waals surface area contributed by atoms with E-state index < -0.39 is 0 Å². The molecule has 4 rings (SSSR count). The number of anilines is 1. The number of fused-ring (bicyclic) bond motifs is 3. The lowest BCUT2D eigenvalue weighted by molar-refractivity contribution is -0.114. The van der Waals surface area contributed by atoms with Gasteiger partial charge in [-0.05, 0) is 18.2 Å². The number of carbonyl (C=O) groups is 1. The van der Waals surface area contributed by atoms with E-state index in [0.717, 1.165) is 28.0 Å². The van der Waals surface area contributed by atoms with Crippen LogP contribution in [-0.4, -0.2) is 28.1 Å². The second-order valence-electron chi connectivity index (χ2n) is 4.85. The Bertz CT molecular complexity index is 864. The van der Waals surface area contributed by atoms with Crippen molar-refractivity contribution in [3.8, 4) is 0 Å². The van der Waals surface area contributed by atoms with Gasteiger partial charge in [-0.15, -0.1) is 0 Å². The van der Waals surface area contributed by atoms with Crippen molar-refractivity contribution in [3.63, 3.8) is 0 Å². The average molecular weight is 276 g/mol. The number of aromatic nitrogens is 2. The maximum atomic E-state index is 11.9. The van der Waals surface area contributed by atoms with Crippen molar-refractivity contribution in [1.82, 2.24) is 9.97 Å². The predicted molar refractivity (Wildman–Crippen MR) is 81.7 cm³/mol. The number of rotatable bonds is 1. The third kappa shape index (κ3) is 1.90. The predicted octanol–water partition coefficient (Wildman–Crippen LogP) is 2.35. The number of H-pyrrole nitrogens is 1. The van der Waals surface area contributed by atoms with E-state index in [1.807, 2.05) is 42.5 Å². The minimum Gasteiger partial charge on any atom is -0.351 e. The quantitative estimate of drug-likeness (QED) is 0.716. The molecular formula is C16H12N4O. The van der Waals surface area contributed by atoms with Crippen LogP contribution in [0.4, 0.5) is 5.69 Å². The van der Waals surface area contributed by atoms with E-state index in [9.17, 15) is 4.79 Å². The Hall–Kier alpha value is -2.95. The molecule has 102 valence electrons. The first-order valence-electron chi connectivity index (χ1n) is 6.70. The summed E-state index contributed by atoms with van der Waals surface area (Å²) < 4.78 is 0. The molecule has 21 heavy (non-hydrogen) atoms. The zero-order valence-electron chi connectivity index (χ0n) is 11.1. The molecule has 5 heteroatoms. The van der Waals surface area contributed by atoms with Crippen LogP contribution >= 0.6 is 0 Å². The summed E-state index contributed by atoms with van der Waals surface area (Å²) in [4.78, 5) is 24.0. The molecule has 0 saturated carbocycles. The van der Waals surface area contributed by atoms with E-state index in [2.05, 4.69) is 20.3 Å². The second-order valence-corrected chi connectivity index (χ2v) is 4.85. The summed E-state index contributed by atoms with van der Waals surface area (Å²) in [5.41, 5.74) is 4.01. The maximum Gasteiger partial charge on any atom is 0.246 e. The van der Waals surface area contributed by atoms with Crippen LogP contribution in [0.15, 0.2) is 53.7 Å². The molecule has 1 amide bonds. The van der Waals surface area contributed by atoms with Gasteiger partial charge in [0.2, 0.25) is 5.91 Å². The molecule has 0 spiro atoms. The van der Waals surface area contributed by atoms with Crippen LogP contribution < -0.4 is 5.32 Å². The zero-order valence-corrected chi connectivity index (χ0v) is 11.1. The Morgan fingerprint density at radius 3 is 2.76 bits per heavy atom. The van der Waals surface area contributed by atoms with Gasteiger partial charge in [-0.1, -0.05) is 24.3 Å². The van der Waals surface area contributed by atoms with Crippen LogP contribution in [0.25, 0.3) is 10.9 Å². The molecule has 3 heterocycles. The van der Waals surface area contributed by atoms with Crippen molar-refractivity contribution in [3.05, 3.63) is 60.0 Å². The first kappa shape index (κ1) is 11.8. The normalized spacial score (nSPS) is 14.3. The topological polar surface area (TPSA) is 70.1 Å². The summed E-state index contributed by atoms with van der Waals surface area (Å²) >= 11 is 0. The summed E-state index contributed by atoms with van der Waals surface area (Å²) in [6.45, 7) is 0.1000. The molecule has 0 atom stereocenters. The van der Waals surface area contributed by atoms with E-state index in [0.29, 0.717) is 5.71 Å². The molecule has 1 aliphatic heterocycles. The first-order chi connectivity index (χ1) is 10.3. The Morgan fingerprint density at radius 2 is 1.90 bits per heavy atom. The van der Waals surface area contributed by atoms with Gasteiger partial charge in [0.15, 0.2) is 0 Å². The van der Waals surface area contributed by atoms with Gasteiger partial charge in [-0.2, -0.15) is 0 Å². The van der Waals surface area contributed by atoms with Gasteiger partial charge in [0.05, 0.1) is 17.1 Å². The molecule has 0 fully saturated rings. The Labute approximate surface area is 120 Å². The SMILES string of the molecule is O=C1CN=C(c2ccccn2)c2[nH]c3ccccc3c2N1. The highest BCUT2D eigenvalue weighted by Gasteiger charge is 2.22. The lowest BCUT2D eigenvalue weighted by Crippen LogP contribution is -2.13. The number of aromatic amines is 1. The Balaban J connectivity index is 2.00. The molecular weight excluding hydrogens is 264 g/mol. The Kier molecular flexibility index (Phi) is 2.57. The third-order valence-corrected chi connectivity index (χ3v) is 3.50. The van der Waals surface area contributed by atoms with Crippen molar-refractivity contribution in [2.75, 3.05) is 11.9 Å². The van der Waals surface area contributed by atoms with Crippen molar-refractivity contribution in [2.45, 2.75) is 0 Å². The highest BCUT2D eigenvalue weighted by Crippen LogP contribution is 2.30. The third-order valence-electron chi connectivity index (χ3n) is 3.50. The van der Waals surface area contributed by atoms with Crippen LogP contribution in [0.5, 0.6) is 0 Å². The van der Waals surface area contributed by atoms with Gasteiger partial charge < -0.3 is 10.3 Å². The van der Waals surface area contributed by atoms with Crippen LogP contribution in [0.1, 0.15) is 11.4 Å². The number of benzene rings is 1. The standard InChI is InChI=1S/C16H12N4O/c21-13-9-18-15(12-7-3-4-8-17-12)16-14(20-13)10-5-1-2-6-11(10)19-16/h1-8,19H,9H2,(H,20,21). The molecule has 3 aromatic rings. The number of hydrogen-bond acceptors (Lipinski definition) is 3. The molecule has 0 bridgehead atoms. The fraction of sp³-hybridized carbons (Fsp3) is 0.0625. The number of para-hydroxylation sites is 1. The summed E-state index contributed by atoms with van der Waals surface area (Å²) in [5, 5.41) is 3.91. The minimum atomic E-state index is -0.119. The van der Waals surface area contributed by atoms with Gasteiger partial charge in [0, 0.05) is 17.1 Å². The largest absolute Gasteiger partial charge is 0.351 e. The van der Waals surface area contributed by atoms with Gasteiger partial charge >= 0.3 is 0 Å². The van der Waals surface area contributed by atoms with Gasteiger partial charge in [-0.25, -0.2) is 0 Å². The Morgan fingerprint density at radius 1 is 1.05 bits per heavy atom. The molecule has 1 aliphatic rings. The fourth-order valence-corrected chi connectivity index (χ4v) is 2.57. The first-order valence-corrected chi connectivity index (χ1v) is 6.70. The molecule has 0 radical (unpaired) electrons. The summed E-state index contributed by atoms with van der Waals surface area (Å²) in [6, 6.07) is 13.5. The highest BCUT2D eigenvalue weighted by atomic mass is 16.1. The number of nitrogens with zero attached hydrogens (tertiary/aromatic N) is 2. The van der Waals surface area contributed by atoms with E-state index in [4.69, 9.17) is 0 Å². The maximum absolute atomic E-state index is 11.9. The van der Waals surface area contributed by atoms with Crippen molar-refractivity contribution >= 4 is 28.2 Å². The summed E-state index contributed by atoms with van der Waals surface area (Å²) in [5.74, 6) is -0.119. The lowest BCUT2D eigenvalue weighted by atomic mass is 10.1. The van der Waals surface area contributed by atoms with E-state index in [1.165, 1.54) is 0 Å². The van der Waals surface area contributed by atoms with Gasteiger partial charge in [0.1, 0.15) is 12.3 Å². The number of carbonyl (C=O) groups excluding carboxylic acids is 1. The highest BCUT2D eigenvalue weighted by molar-refractivity contribution is 6.22. The number of amides is 1. The molecule has 2 N–H and O–H groups in total. The molecule has 0 aliphatic carbocycles. The van der Waals surface area contributed by atoms with Crippen LogP contribution in [0.3, 0.4) is 0 Å². The van der Waals surface area contributed by atoms with Crippen molar-refractivity contribution in [1.29, 1.82) is 0 Å². The average Bonchev–Trinajstić information content (AvgIpc) is 2.79. The van der Waals surface area contributed by atoms with E-state index in [1.54, 1.807) is 6.20 Å². The van der Waals surface area contributed by atoms with Crippen molar-refractivity contribution in [2.24, 2.45) is 4.99 Å². The lowest BCUT2D eigenvalue weighted by Gasteiger charge is -2.04. The summed E-state index contributed by atoms with van der Waals surface area (Å²) in [7, 11) is 0. The zero-order chi connectivity index (χ0) is 14.2. The molecule has 0 unspecified atom stereocenters. The minimum absolute atomic E-state index is 0.1000. The molecule has 5 nitrogen and oxygen atoms in total. The van der Waals surface area contributed by atoms with Crippen molar-refractivity contribution < 1.29 is 4.79 Å². The van der Waals surface area contributed by atoms with Crippen LogP contribution in [-0.2, 0) is 4.79 Å². The van der Waals surface area contributed by atoms with Gasteiger partial charge in [0.25, 0.3) is 0 Å². The van der Waals surface area contributed by atoms with Crippen LogP contribution in [0, 0.1) is 0 Å². The molecule has 2 aromatic heterocycles. The monoisotopic (exact) mass is 276 g/mol. The molecule has 1 aromatic carbocycles. The van der Waals surface area contributed by atoms with E-state index in [-0.39, 0.29) is 12.5 Å². The smallest absolute Gasteiger partial charge is 0.246 e. The summed E-state index contributed by atoms with van der Waals surface area (Å²) in [6.07, 6.45) is 1.72.